The Bertz CT molecular complexity index is 409. The quantitative estimate of drug-likeness (QED) is 0.831. The van der Waals surface area contributed by atoms with Crippen molar-refractivity contribution in [1.29, 1.82) is 0 Å². The maximum Gasteiger partial charge on any atom is 0.243 e. The number of rotatable bonds is 2. The molecule has 0 aromatic carbocycles. The fourth-order valence-electron chi connectivity index (χ4n) is 2.20. The molecular weight excluding hydrogens is 200 g/mol. The lowest BCUT2D eigenvalue weighted by atomic mass is 10.0. The number of hydrogen-bond donors (Lipinski definition) is 1. The Labute approximate surface area is 96.9 Å². The largest absolute Gasteiger partial charge is 0.349 e. The van der Waals surface area contributed by atoms with E-state index in [1.54, 1.807) is 0 Å². The van der Waals surface area contributed by atoms with Crippen LogP contribution in [0.25, 0.3) is 0 Å². The van der Waals surface area contributed by atoms with Gasteiger partial charge in [-0.05, 0) is 24.7 Å². The molecule has 0 radical (unpaired) electrons. The van der Waals surface area contributed by atoms with E-state index < -0.39 is 0 Å². The van der Waals surface area contributed by atoms with Gasteiger partial charge in [0, 0.05) is 6.04 Å². The smallest absolute Gasteiger partial charge is 0.243 e. The van der Waals surface area contributed by atoms with Crippen LogP contribution < -0.4 is 5.32 Å². The summed E-state index contributed by atoms with van der Waals surface area (Å²) in [5.41, 5.74) is 2.40. The first-order chi connectivity index (χ1) is 7.26. The number of hydrogen-bond acceptors (Lipinski definition) is 4. The molecule has 4 heteroatoms. The van der Waals surface area contributed by atoms with E-state index in [4.69, 9.17) is 0 Å². The molecule has 1 fully saturated rings. The minimum absolute atomic E-state index is 0.287. The molecule has 0 aliphatic heterocycles. The van der Waals surface area contributed by atoms with Crippen molar-refractivity contribution in [1.82, 2.24) is 15.2 Å². The molecule has 1 saturated carbocycles. The summed E-state index contributed by atoms with van der Waals surface area (Å²) < 4.78 is 0. The monoisotopic (exact) mass is 220 g/mol. The normalized spacial score (nSPS) is 21.9. The van der Waals surface area contributed by atoms with Crippen LogP contribution in [0, 0.1) is 24.7 Å². The van der Waals surface area contributed by atoms with Crippen LogP contribution in [0.5, 0.6) is 0 Å². The van der Waals surface area contributed by atoms with Gasteiger partial charge in [-0.1, -0.05) is 27.7 Å². The van der Waals surface area contributed by atoms with Crippen LogP contribution in [-0.4, -0.2) is 21.2 Å². The molecule has 1 aromatic heterocycles. The van der Waals surface area contributed by atoms with Crippen molar-refractivity contribution in [2.75, 3.05) is 5.32 Å². The van der Waals surface area contributed by atoms with Gasteiger partial charge in [-0.2, -0.15) is 5.10 Å². The van der Waals surface area contributed by atoms with Crippen LogP contribution in [-0.2, 0) is 0 Å². The second-order valence-electron chi connectivity index (χ2n) is 5.83. The van der Waals surface area contributed by atoms with E-state index >= 15 is 0 Å². The van der Waals surface area contributed by atoms with Gasteiger partial charge in [0.1, 0.15) is 0 Å². The Morgan fingerprint density at radius 1 is 0.938 bits per heavy atom. The average molecular weight is 220 g/mol. The predicted octanol–water partition coefficient (Wildman–Crippen LogP) is 2.33. The van der Waals surface area contributed by atoms with Gasteiger partial charge in [0.05, 0.1) is 11.4 Å². The van der Waals surface area contributed by atoms with Gasteiger partial charge in [0.25, 0.3) is 0 Å². The first kappa shape index (κ1) is 11.3. The van der Waals surface area contributed by atoms with Crippen molar-refractivity contribution in [3.63, 3.8) is 0 Å². The summed E-state index contributed by atoms with van der Waals surface area (Å²) in [6.07, 6.45) is 0. The standard InChI is InChI=1S/C12H20N4/c1-7-8(2)15-16-10(13-7)14-9-11(3,4)12(9,5)6/h9H,1-6H3,(H,13,14,16). The lowest BCUT2D eigenvalue weighted by molar-refractivity contribution is 0.457. The van der Waals surface area contributed by atoms with E-state index in [-0.39, 0.29) is 10.8 Å². The second kappa shape index (κ2) is 3.15. The number of anilines is 1. The highest BCUT2D eigenvalue weighted by molar-refractivity contribution is 5.36. The minimum atomic E-state index is 0.287. The van der Waals surface area contributed by atoms with Gasteiger partial charge in [0.2, 0.25) is 5.95 Å². The van der Waals surface area contributed by atoms with Gasteiger partial charge in [-0.25, -0.2) is 4.98 Å². The fourth-order valence-corrected chi connectivity index (χ4v) is 2.20. The number of nitrogens with one attached hydrogen (secondary N) is 1. The van der Waals surface area contributed by atoms with Gasteiger partial charge in [-0.15, -0.1) is 5.10 Å². The van der Waals surface area contributed by atoms with Crippen molar-refractivity contribution in [2.24, 2.45) is 10.8 Å². The molecule has 1 aliphatic carbocycles. The molecule has 0 saturated heterocycles. The molecular formula is C12H20N4. The zero-order valence-electron chi connectivity index (χ0n) is 10.9. The third-order valence-corrected chi connectivity index (χ3v) is 4.39. The summed E-state index contributed by atoms with van der Waals surface area (Å²) in [5.74, 6) is 0.645. The highest BCUT2D eigenvalue weighted by atomic mass is 15.3. The van der Waals surface area contributed by atoms with Gasteiger partial charge >= 0.3 is 0 Å². The van der Waals surface area contributed by atoms with E-state index in [9.17, 15) is 0 Å². The van der Waals surface area contributed by atoms with Gasteiger partial charge < -0.3 is 5.32 Å². The van der Waals surface area contributed by atoms with Crippen molar-refractivity contribution in [3.05, 3.63) is 11.4 Å². The molecule has 0 bridgehead atoms. The SMILES string of the molecule is Cc1nnc(NC2C(C)(C)C2(C)C)nc1C. The zero-order chi connectivity index (χ0) is 12.1. The van der Waals surface area contributed by atoms with Crippen LogP contribution in [0.15, 0.2) is 0 Å². The predicted molar refractivity (Wildman–Crippen MR) is 64.3 cm³/mol. The molecule has 1 N–H and O–H groups in total. The maximum absolute atomic E-state index is 4.40. The molecule has 16 heavy (non-hydrogen) atoms. The first-order valence-corrected chi connectivity index (χ1v) is 5.71. The highest BCUT2D eigenvalue weighted by Crippen LogP contribution is 2.63. The topological polar surface area (TPSA) is 50.7 Å². The Kier molecular flexibility index (Phi) is 2.23. The van der Waals surface area contributed by atoms with Gasteiger partial charge in [0.15, 0.2) is 0 Å². The van der Waals surface area contributed by atoms with Crippen LogP contribution in [0.3, 0.4) is 0 Å². The van der Waals surface area contributed by atoms with E-state index in [0.717, 1.165) is 11.4 Å². The highest BCUT2D eigenvalue weighted by Gasteiger charge is 2.65. The molecule has 0 unspecified atom stereocenters. The summed E-state index contributed by atoms with van der Waals surface area (Å²) in [4.78, 5) is 4.40. The molecule has 88 valence electrons. The molecule has 1 aromatic rings. The molecule has 0 spiro atoms. The Morgan fingerprint density at radius 2 is 1.50 bits per heavy atom. The lowest BCUT2D eigenvalue weighted by Crippen LogP contribution is -2.14. The summed E-state index contributed by atoms with van der Waals surface area (Å²) in [5, 5.41) is 11.5. The van der Waals surface area contributed by atoms with E-state index in [1.807, 2.05) is 13.8 Å². The maximum atomic E-state index is 4.40. The second-order valence-corrected chi connectivity index (χ2v) is 5.83. The summed E-state index contributed by atoms with van der Waals surface area (Å²) in [6.45, 7) is 12.9. The molecule has 2 rings (SSSR count). The molecule has 0 atom stereocenters. The average Bonchev–Trinajstić information content (AvgIpc) is 2.54. The Balaban J connectivity index is 2.15. The lowest BCUT2D eigenvalue weighted by Gasteiger charge is -2.06. The fraction of sp³-hybridized carbons (Fsp3) is 0.750. The van der Waals surface area contributed by atoms with Crippen molar-refractivity contribution in [2.45, 2.75) is 47.6 Å². The molecule has 0 amide bonds. The van der Waals surface area contributed by atoms with Crippen LogP contribution >= 0.6 is 0 Å². The Morgan fingerprint density at radius 3 is 1.94 bits per heavy atom. The summed E-state index contributed by atoms with van der Waals surface area (Å²) in [6, 6.07) is 0.420. The molecule has 1 aliphatic rings. The third-order valence-electron chi connectivity index (χ3n) is 4.39. The van der Waals surface area contributed by atoms with Gasteiger partial charge in [-0.3, -0.25) is 0 Å². The van der Waals surface area contributed by atoms with E-state index in [0.29, 0.717) is 12.0 Å². The first-order valence-electron chi connectivity index (χ1n) is 5.71. The Hall–Kier alpha value is -1.19. The van der Waals surface area contributed by atoms with E-state index in [2.05, 4.69) is 48.2 Å². The van der Waals surface area contributed by atoms with E-state index in [1.165, 1.54) is 0 Å². The number of aryl methyl sites for hydroxylation is 2. The van der Waals surface area contributed by atoms with Crippen molar-refractivity contribution < 1.29 is 0 Å². The zero-order valence-corrected chi connectivity index (χ0v) is 10.9. The van der Waals surface area contributed by atoms with Crippen LogP contribution in [0.1, 0.15) is 39.1 Å². The summed E-state index contributed by atoms with van der Waals surface area (Å²) in [7, 11) is 0. The van der Waals surface area contributed by atoms with Crippen molar-refractivity contribution in [3.8, 4) is 0 Å². The number of nitrogens with zero attached hydrogens (tertiary/aromatic N) is 3. The molecule has 1 heterocycles. The third kappa shape index (κ3) is 1.47. The minimum Gasteiger partial charge on any atom is -0.349 e. The van der Waals surface area contributed by atoms with Crippen LogP contribution in [0.2, 0.25) is 0 Å². The van der Waals surface area contributed by atoms with Crippen LogP contribution in [0.4, 0.5) is 5.95 Å². The summed E-state index contributed by atoms with van der Waals surface area (Å²) >= 11 is 0. The number of aromatic nitrogens is 3. The van der Waals surface area contributed by atoms with Crippen molar-refractivity contribution >= 4 is 5.95 Å². The molecule has 4 nitrogen and oxygen atoms in total.